The zero-order valence-electron chi connectivity index (χ0n) is 12.9. The van der Waals surface area contributed by atoms with Gasteiger partial charge in [-0.25, -0.2) is 0 Å². The van der Waals surface area contributed by atoms with E-state index in [9.17, 15) is 23.7 Å². The van der Waals surface area contributed by atoms with Crippen molar-refractivity contribution in [1.82, 2.24) is 5.32 Å². The van der Waals surface area contributed by atoms with Gasteiger partial charge in [0.25, 0.3) is 11.6 Å². The van der Waals surface area contributed by atoms with Crippen molar-refractivity contribution in [2.75, 3.05) is 18.4 Å². The van der Waals surface area contributed by atoms with Crippen molar-refractivity contribution in [3.63, 3.8) is 0 Å². The van der Waals surface area contributed by atoms with Crippen LogP contribution in [-0.2, 0) is 0 Å². The fraction of sp³-hybridized carbons (Fsp3) is 0.188. The third kappa shape index (κ3) is 5.13. The van der Waals surface area contributed by atoms with Crippen molar-refractivity contribution < 1.29 is 23.2 Å². The van der Waals surface area contributed by atoms with Gasteiger partial charge in [-0.2, -0.15) is 8.78 Å². The molecule has 0 aromatic heterocycles. The number of carbonyl (C=O) groups excluding carboxylic acids is 1. The Labute approximate surface area is 141 Å². The Hall–Kier alpha value is -3.23. The number of alkyl halides is 2. The lowest BCUT2D eigenvalue weighted by molar-refractivity contribution is -0.384. The van der Waals surface area contributed by atoms with Gasteiger partial charge in [0.1, 0.15) is 11.4 Å². The second-order valence-corrected chi connectivity index (χ2v) is 4.83. The summed E-state index contributed by atoms with van der Waals surface area (Å²) >= 11 is 0. The van der Waals surface area contributed by atoms with Gasteiger partial charge in [-0.3, -0.25) is 14.9 Å². The second kappa shape index (κ2) is 8.57. The lowest BCUT2D eigenvalue weighted by atomic mass is 10.2. The van der Waals surface area contributed by atoms with Gasteiger partial charge in [-0.05, 0) is 18.2 Å². The Kier molecular flexibility index (Phi) is 6.21. The van der Waals surface area contributed by atoms with Crippen LogP contribution in [0.15, 0.2) is 48.5 Å². The molecule has 0 heterocycles. The molecule has 0 unspecified atom stereocenters. The fourth-order valence-electron chi connectivity index (χ4n) is 2.10. The van der Waals surface area contributed by atoms with Crippen LogP contribution in [0, 0.1) is 10.1 Å². The van der Waals surface area contributed by atoms with Crippen LogP contribution >= 0.6 is 0 Å². The number of nitro groups is 1. The van der Waals surface area contributed by atoms with E-state index in [1.54, 1.807) is 18.2 Å². The van der Waals surface area contributed by atoms with Crippen LogP contribution in [0.4, 0.5) is 20.2 Å². The minimum atomic E-state index is -3.03. The maximum Gasteiger partial charge on any atom is 0.387 e. The molecule has 132 valence electrons. The van der Waals surface area contributed by atoms with Crippen molar-refractivity contribution in [3.05, 3.63) is 64.2 Å². The van der Waals surface area contributed by atoms with Crippen molar-refractivity contribution in [1.29, 1.82) is 0 Å². The third-order valence-electron chi connectivity index (χ3n) is 3.17. The molecule has 2 aromatic carbocycles. The molecule has 2 aromatic rings. The van der Waals surface area contributed by atoms with Crippen LogP contribution in [0.5, 0.6) is 5.75 Å². The first kappa shape index (κ1) is 18.1. The molecule has 2 N–H and O–H groups in total. The molecule has 0 aliphatic heterocycles. The molecule has 9 heteroatoms. The number of nitrogens with one attached hydrogen (secondary N) is 2. The van der Waals surface area contributed by atoms with Crippen LogP contribution in [0.3, 0.4) is 0 Å². The minimum Gasteiger partial charge on any atom is -0.434 e. The molecule has 0 saturated carbocycles. The van der Waals surface area contributed by atoms with E-state index in [0.29, 0.717) is 5.69 Å². The molecule has 0 saturated heterocycles. The Balaban J connectivity index is 1.91. The summed E-state index contributed by atoms with van der Waals surface area (Å²) in [5.41, 5.74) is 0.223. The summed E-state index contributed by atoms with van der Waals surface area (Å²) in [6.45, 7) is -2.68. The highest BCUT2D eigenvalue weighted by Gasteiger charge is 2.15. The Bertz CT molecular complexity index is 756. The Morgan fingerprint density at radius 3 is 2.52 bits per heavy atom. The van der Waals surface area contributed by atoms with Gasteiger partial charge in [-0.15, -0.1) is 0 Å². The number of ether oxygens (including phenoxy) is 1. The van der Waals surface area contributed by atoms with E-state index < -0.39 is 17.4 Å². The van der Waals surface area contributed by atoms with E-state index in [-0.39, 0.29) is 30.1 Å². The monoisotopic (exact) mass is 351 g/mol. The number of carbonyl (C=O) groups is 1. The number of amides is 1. The number of benzene rings is 2. The lowest BCUT2D eigenvalue weighted by Crippen LogP contribution is -2.29. The first-order valence-electron chi connectivity index (χ1n) is 7.28. The topological polar surface area (TPSA) is 93.5 Å². The molecule has 0 aliphatic carbocycles. The summed E-state index contributed by atoms with van der Waals surface area (Å²) in [6.07, 6.45) is 0. The summed E-state index contributed by atoms with van der Waals surface area (Å²) in [4.78, 5) is 22.4. The van der Waals surface area contributed by atoms with Crippen LogP contribution in [-0.4, -0.2) is 30.5 Å². The normalized spacial score (nSPS) is 10.4. The molecule has 25 heavy (non-hydrogen) atoms. The summed E-state index contributed by atoms with van der Waals surface area (Å²) < 4.78 is 29.0. The van der Waals surface area contributed by atoms with E-state index >= 15 is 0 Å². The van der Waals surface area contributed by atoms with Crippen molar-refractivity contribution in [2.24, 2.45) is 0 Å². The smallest absolute Gasteiger partial charge is 0.387 e. The highest BCUT2D eigenvalue weighted by molar-refractivity contribution is 5.96. The summed E-state index contributed by atoms with van der Waals surface area (Å²) in [5, 5.41) is 16.3. The van der Waals surface area contributed by atoms with E-state index in [0.717, 1.165) is 0 Å². The molecule has 0 radical (unpaired) electrons. The van der Waals surface area contributed by atoms with Gasteiger partial charge in [0, 0.05) is 19.2 Å². The zero-order valence-corrected chi connectivity index (χ0v) is 12.9. The quantitative estimate of drug-likeness (QED) is 0.433. The SMILES string of the molecule is O=C(NCCNc1ccccc1[N+](=O)[O-])c1ccccc1OC(F)F. The summed E-state index contributed by atoms with van der Waals surface area (Å²) in [6, 6.07) is 11.7. The average molecular weight is 351 g/mol. The van der Waals surface area contributed by atoms with Gasteiger partial charge in [-0.1, -0.05) is 24.3 Å². The molecular weight excluding hydrogens is 336 g/mol. The lowest BCUT2D eigenvalue weighted by Gasteiger charge is -2.11. The largest absolute Gasteiger partial charge is 0.434 e. The van der Waals surface area contributed by atoms with Gasteiger partial charge in [0.05, 0.1) is 10.5 Å². The van der Waals surface area contributed by atoms with E-state index in [1.807, 2.05) is 0 Å². The van der Waals surface area contributed by atoms with Crippen LogP contribution in [0.2, 0.25) is 0 Å². The molecule has 1 amide bonds. The summed E-state index contributed by atoms with van der Waals surface area (Å²) in [7, 11) is 0. The first-order chi connectivity index (χ1) is 12.0. The van der Waals surface area contributed by atoms with Gasteiger partial charge in [0.2, 0.25) is 0 Å². The van der Waals surface area contributed by atoms with E-state index in [2.05, 4.69) is 15.4 Å². The molecule has 0 atom stereocenters. The van der Waals surface area contributed by atoms with Crippen LogP contribution in [0.1, 0.15) is 10.4 Å². The van der Waals surface area contributed by atoms with Crippen molar-refractivity contribution >= 4 is 17.3 Å². The van der Waals surface area contributed by atoms with Gasteiger partial charge in [0.15, 0.2) is 0 Å². The maximum atomic E-state index is 12.3. The van der Waals surface area contributed by atoms with Crippen LogP contribution in [0.25, 0.3) is 0 Å². The summed E-state index contributed by atoms with van der Waals surface area (Å²) in [5.74, 6) is -0.803. The predicted octanol–water partition coefficient (Wildman–Crippen LogP) is 3.04. The Morgan fingerprint density at radius 1 is 1.12 bits per heavy atom. The zero-order chi connectivity index (χ0) is 18.2. The number of halogens is 2. The molecule has 0 fully saturated rings. The molecule has 0 spiro atoms. The maximum absolute atomic E-state index is 12.3. The number of nitrogens with zero attached hydrogens (tertiary/aromatic N) is 1. The van der Waals surface area contributed by atoms with Crippen LogP contribution < -0.4 is 15.4 Å². The number of para-hydroxylation sites is 3. The average Bonchev–Trinajstić information content (AvgIpc) is 2.58. The number of anilines is 1. The van der Waals surface area contributed by atoms with E-state index in [1.165, 1.54) is 30.3 Å². The van der Waals surface area contributed by atoms with E-state index in [4.69, 9.17) is 0 Å². The second-order valence-electron chi connectivity index (χ2n) is 4.83. The highest BCUT2D eigenvalue weighted by Crippen LogP contribution is 2.23. The number of hydrogen-bond acceptors (Lipinski definition) is 5. The number of rotatable bonds is 8. The minimum absolute atomic E-state index is 0.0199. The third-order valence-corrected chi connectivity index (χ3v) is 3.17. The molecule has 2 rings (SSSR count). The Morgan fingerprint density at radius 2 is 1.80 bits per heavy atom. The van der Waals surface area contributed by atoms with Gasteiger partial charge >= 0.3 is 6.61 Å². The number of hydrogen-bond donors (Lipinski definition) is 2. The number of nitro benzene ring substituents is 1. The highest BCUT2D eigenvalue weighted by atomic mass is 19.3. The van der Waals surface area contributed by atoms with Crippen molar-refractivity contribution in [2.45, 2.75) is 6.61 Å². The standard InChI is InChI=1S/C16H15F2N3O4/c17-16(18)25-14-8-4-1-5-11(14)15(22)20-10-9-19-12-6-2-3-7-13(12)21(23)24/h1-8,16,19H,9-10H2,(H,20,22). The first-order valence-corrected chi connectivity index (χ1v) is 7.28. The molecular formula is C16H15F2N3O4. The van der Waals surface area contributed by atoms with Crippen molar-refractivity contribution in [3.8, 4) is 5.75 Å². The van der Waals surface area contributed by atoms with Gasteiger partial charge < -0.3 is 15.4 Å². The fourth-order valence-corrected chi connectivity index (χ4v) is 2.10. The molecule has 0 aliphatic rings. The molecule has 0 bridgehead atoms. The predicted molar refractivity (Wildman–Crippen MR) is 87.0 cm³/mol. The molecule has 7 nitrogen and oxygen atoms in total.